The van der Waals surface area contributed by atoms with Crippen LogP contribution in [0.15, 0.2) is 45.7 Å². The van der Waals surface area contributed by atoms with Crippen LogP contribution in [-0.2, 0) is 16.6 Å². The number of rotatable bonds is 5. The van der Waals surface area contributed by atoms with Crippen molar-refractivity contribution in [1.29, 1.82) is 0 Å². The van der Waals surface area contributed by atoms with E-state index in [-0.39, 0.29) is 22.9 Å². The summed E-state index contributed by atoms with van der Waals surface area (Å²) < 4.78 is 33.1. The summed E-state index contributed by atoms with van der Waals surface area (Å²) in [7, 11) is -2.03. The van der Waals surface area contributed by atoms with Gasteiger partial charge in [-0.1, -0.05) is 18.6 Å². The summed E-state index contributed by atoms with van der Waals surface area (Å²) in [6.07, 6.45) is 2.75. The highest BCUT2D eigenvalue weighted by atomic mass is 32.2. The predicted octanol–water partition coefficient (Wildman–Crippen LogP) is 3.03. The van der Waals surface area contributed by atoms with E-state index in [0.717, 1.165) is 25.0 Å². The predicted molar refractivity (Wildman–Crippen MR) is 98.3 cm³/mol. The van der Waals surface area contributed by atoms with Crippen LogP contribution >= 0.6 is 0 Å². The van der Waals surface area contributed by atoms with Crippen LogP contribution in [0.1, 0.15) is 41.1 Å². The van der Waals surface area contributed by atoms with E-state index < -0.39 is 10.0 Å². The second-order valence-electron chi connectivity index (χ2n) is 6.63. The van der Waals surface area contributed by atoms with Crippen LogP contribution in [0.2, 0.25) is 0 Å². The molecule has 6 nitrogen and oxygen atoms in total. The van der Waals surface area contributed by atoms with E-state index in [0.29, 0.717) is 18.8 Å². The van der Waals surface area contributed by atoms with Crippen molar-refractivity contribution in [2.24, 2.45) is 0 Å². The first-order valence-electron chi connectivity index (χ1n) is 8.79. The molecule has 0 radical (unpaired) electrons. The fourth-order valence-corrected chi connectivity index (χ4v) is 4.89. The van der Waals surface area contributed by atoms with Gasteiger partial charge in [-0.25, -0.2) is 8.42 Å². The molecule has 1 aliphatic rings. The number of sulfonamides is 1. The number of hydrogen-bond donors (Lipinski definition) is 0. The van der Waals surface area contributed by atoms with E-state index in [2.05, 4.69) is 0 Å². The van der Waals surface area contributed by atoms with Gasteiger partial charge in [-0.3, -0.25) is 4.79 Å². The molecule has 1 aliphatic heterocycles. The van der Waals surface area contributed by atoms with E-state index >= 15 is 0 Å². The van der Waals surface area contributed by atoms with Crippen molar-refractivity contribution >= 4 is 15.9 Å². The van der Waals surface area contributed by atoms with Gasteiger partial charge in [-0.2, -0.15) is 4.31 Å². The van der Waals surface area contributed by atoms with Crippen LogP contribution in [0, 0.1) is 6.92 Å². The van der Waals surface area contributed by atoms with Gasteiger partial charge in [-0.15, -0.1) is 0 Å². The summed E-state index contributed by atoms with van der Waals surface area (Å²) in [5, 5.41) is 0. The van der Waals surface area contributed by atoms with E-state index in [4.69, 9.17) is 4.42 Å². The number of aryl methyl sites for hydroxylation is 1. The molecule has 1 aromatic heterocycles. The first-order chi connectivity index (χ1) is 12.4. The summed E-state index contributed by atoms with van der Waals surface area (Å²) >= 11 is 0. The SMILES string of the molecule is Cc1ccc(CN(C)C(=O)c2ccccc2S(=O)(=O)N2CCCCC2)o1. The molecule has 1 aromatic carbocycles. The highest BCUT2D eigenvalue weighted by Gasteiger charge is 2.30. The third-order valence-electron chi connectivity index (χ3n) is 4.59. The Hall–Kier alpha value is -2.12. The minimum absolute atomic E-state index is 0.0781. The molecule has 0 bridgehead atoms. The molecule has 26 heavy (non-hydrogen) atoms. The highest BCUT2D eigenvalue weighted by Crippen LogP contribution is 2.24. The number of amides is 1. The summed E-state index contributed by atoms with van der Waals surface area (Å²) in [4.78, 5) is 14.5. The lowest BCUT2D eigenvalue weighted by molar-refractivity contribution is 0.0771. The molecule has 0 spiro atoms. The average Bonchev–Trinajstić information content (AvgIpc) is 3.06. The Morgan fingerprint density at radius 1 is 1.12 bits per heavy atom. The first kappa shape index (κ1) is 18.7. The fourth-order valence-electron chi connectivity index (χ4n) is 3.19. The summed E-state index contributed by atoms with van der Waals surface area (Å²) in [5.74, 6) is 1.10. The number of benzene rings is 1. The van der Waals surface area contributed by atoms with Gasteiger partial charge in [0.1, 0.15) is 11.5 Å². The molecule has 2 heterocycles. The van der Waals surface area contributed by atoms with Gasteiger partial charge in [0.25, 0.3) is 5.91 Å². The van der Waals surface area contributed by atoms with Gasteiger partial charge in [0.2, 0.25) is 10.0 Å². The molecule has 0 unspecified atom stereocenters. The van der Waals surface area contributed by atoms with E-state index in [1.54, 1.807) is 25.2 Å². The van der Waals surface area contributed by atoms with Crippen molar-refractivity contribution in [2.75, 3.05) is 20.1 Å². The number of carbonyl (C=O) groups excluding carboxylic acids is 1. The zero-order valence-corrected chi connectivity index (χ0v) is 16.0. The maximum Gasteiger partial charge on any atom is 0.255 e. The second kappa shape index (κ2) is 7.63. The molecule has 1 amide bonds. The lowest BCUT2D eigenvalue weighted by atomic mass is 10.2. The molecule has 3 rings (SSSR count). The molecule has 0 saturated carbocycles. The van der Waals surface area contributed by atoms with Gasteiger partial charge in [0.05, 0.1) is 17.0 Å². The number of carbonyl (C=O) groups is 1. The molecule has 7 heteroatoms. The van der Waals surface area contributed by atoms with Crippen LogP contribution in [0.5, 0.6) is 0 Å². The molecular formula is C19H24N2O4S. The monoisotopic (exact) mass is 376 g/mol. The van der Waals surface area contributed by atoms with Crippen molar-refractivity contribution in [3.05, 3.63) is 53.5 Å². The zero-order chi connectivity index (χ0) is 18.7. The van der Waals surface area contributed by atoms with E-state index in [1.165, 1.54) is 15.3 Å². The van der Waals surface area contributed by atoms with Gasteiger partial charge in [-0.05, 0) is 44.0 Å². The van der Waals surface area contributed by atoms with Gasteiger partial charge in [0, 0.05) is 20.1 Å². The molecule has 0 aliphatic carbocycles. The zero-order valence-electron chi connectivity index (χ0n) is 15.1. The van der Waals surface area contributed by atoms with Crippen molar-refractivity contribution in [1.82, 2.24) is 9.21 Å². The molecule has 0 N–H and O–H groups in total. The van der Waals surface area contributed by atoms with Gasteiger partial charge >= 0.3 is 0 Å². The Bertz CT molecular complexity index is 882. The topological polar surface area (TPSA) is 70.8 Å². The Morgan fingerprint density at radius 2 is 1.81 bits per heavy atom. The smallest absolute Gasteiger partial charge is 0.255 e. The maximum absolute atomic E-state index is 13.0. The minimum Gasteiger partial charge on any atom is -0.464 e. The Labute approximate surface area is 154 Å². The van der Waals surface area contributed by atoms with E-state index in [1.807, 2.05) is 19.1 Å². The van der Waals surface area contributed by atoms with Crippen LogP contribution in [0.25, 0.3) is 0 Å². The maximum atomic E-state index is 13.0. The number of piperidine rings is 1. The van der Waals surface area contributed by atoms with Gasteiger partial charge < -0.3 is 9.32 Å². The minimum atomic E-state index is -3.68. The Morgan fingerprint density at radius 3 is 2.46 bits per heavy atom. The molecule has 1 saturated heterocycles. The first-order valence-corrected chi connectivity index (χ1v) is 10.2. The lowest BCUT2D eigenvalue weighted by Gasteiger charge is -2.27. The van der Waals surface area contributed by atoms with Crippen LogP contribution in [-0.4, -0.2) is 43.7 Å². The normalized spacial score (nSPS) is 15.8. The lowest BCUT2D eigenvalue weighted by Crippen LogP contribution is -2.37. The van der Waals surface area contributed by atoms with E-state index in [9.17, 15) is 13.2 Å². The van der Waals surface area contributed by atoms with Crippen molar-refractivity contribution in [3.63, 3.8) is 0 Å². The molecule has 0 atom stereocenters. The third-order valence-corrected chi connectivity index (χ3v) is 6.54. The Balaban J connectivity index is 1.87. The molecular weight excluding hydrogens is 352 g/mol. The van der Waals surface area contributed by atoms with Crippen molar-refractivity contribution in [2.45, 2.75) is 37.6 Å². The molecule has 2 aromatic rings. The summed E-state index contributed by atoms with van der Waals surface area (Å²) in [6, 6.07) is 10.1. The molecule has 1 fully saturated rings. The standard InChI is InChI=1S/C19H24N2O4S/c1-15-10-11-16(25-15)14-20(2)19(22)17-8-4-5-9-18(17)26(23,24)21-12-6-3-7-13-21/h4-5,8-11H,3,6-7,12-14H2,1-2H3. The van der Waals surface area contributed by atoms with Crippen molar-refractivity contribution < 1.29 is 17.6 Å². The largest absolute Gasteiger partial charge is 0.464 e. The number of hydrogen-bond acceptors (Lipinski definition) is 4. The molecule has 140 valence electrons. The number of furan rings is 1. The number of nitrogens with zero attached hydrogens (tertiary/aromatic N) is 2. The van der Waals surface area contributed by atoms with Gasteiger partial charge in [0.15, 0.2) is 0 Å². The summed E-state index contributed by atoms with van der Waals surface area (Å²) in [5.41, 5.74) is 0.198. The highest BCUT2D eigenvalue weighted by molar-refractivity contribution is 7.89. The van der Waals surface area contributed by atoms with Crippen LogP contribution in [0.3, 0.4) is 0 Å². The Kier molecular flexibility index (Phi) is 5.48. The van der Waals surface area contributed by atoms with Crippen LogP contribution in [0.4, 0.5) is 0 Å². The second-order valence-corrected chi connectivity index (χ2v) is 8.54. The fraction of sp³-hybridized carbons (Fsp3) is 0.421. The third kappa shape index (κ3) is 3.83. The van der Waals surface area contributed by atoms with Crippen molar-refractivity contribution in [3.8, 4) is 0 Å². The average molecular weight is 376 g/mol. The summed E-state index contributed by atoms with van der Waals surface area (Å²) in [6.45, 7) is 3.13. The van der Waals surface area contributed by atoms with Crippen LogP contribution < -0.4 is 0 Å². The quantitative estimate of drug-likeness (QED) is 0.804.